The maximum Gasteiger partial charge on any atom is 0.127 e. The Morgan fingerprint density at radius 2 is 2.40 bits per heavy atom. The van der Waals surface area contributed by atoms with Crippen LogP contribution in [-0.2, 0) is 12.2 Å². The quantitative estimate of drug-likeness (QED) is 0.795. The highest BCUT2D eigenvalue weighted by Crippen LogP contribution is 2.44. The second-order valence-electron chi connectivity index (χ2n) is 3.87. The molecule has 4 heteroatoms. The van der Waals surface area contributed by atoms with Gasteiger partial charge in [-0.25, -0.2) is 0 Å². The second kappa shape index (κ2) is 3.68. The summed E-state index contributed by atoms with van der Waals surface area (Å²) in [6.07, 6.45) is 0.629. The van der Waals surface area contributed by atoms with E-state index in [4.69, 9.17) is 4.74 Å². The Morgan fingerprint density at radius 3 is 3.27 bits per heavy atom. The molecule has 0 unspecified atom stereocenters. The summed E-state index contributed by atoms with van der Waals surface area (Å²) in [5.74, 6) is 2.76. The van der Waals surface area contributed by atoms with Crippen molar-refractivity contribution in [1.29, 1.82) is 0 Å². The number of hydrogen-bond donors (Lipinski definition) is 1. The van der Waals surface area contributed by atoms with Crippen molar-refractivity contribution in [3.63, 3.8) is 0 Å². The standard InChI is InChI=1S/C11H11BrO2S/c12-8-3-6-1-2-14-11(6)7-4-15-5-9(13)10(7)8/h3,9,13H,1-2,4-5H2/t9-/m0/s1. The molecule has 0 saturated carbocycles. The SMILES string of the molecule is O[C@H]1CSCc2c3c(cc(Br)c21)CCO3. The van der Waals surface area contributed by atoms with E-state index in [0.29, 0.717) is 0 Å². The van der Waals surface area contributed by atoms with Crippen molar-refractivity contribution in [2.24, 2.45) is 0 Å². The van der Waals surface area contributed by atoms with Crippen molar-refractivity contribution in [2.45, 2.75) is 18.3 Å². The fraction of sp³-hybridized carbons (Fsp3) is 0.455. The Hall–Kier alpha value is -0.190. The third kappa shape index (κ3) is 1.50. The molecule has 0 aromatic heterocycles. The zero-order valence-corrected chi connectivity index (χ0v) is 10.5. The summed E-state index contributed by atoms with van der Waals surface area (Å²) in [6, 6.07) is 2.10. The van der Waals surface area contributed by atoms with Gasteiger partial charge in [0.1, 0.15) is 5.75 Å². The van der Waals surface area contributed by atoms with E-state index in [1.165, 1.54) is 11.1 Å². The Bertz CT molecular complexity index is 420. The molecule has 0 saturated heterocycles. The molecule has 0 spiro atoms. The third-order valence-electron chi connectivity index (χ3n) is 2.92. The molecule has 1 N–H and O–H groups in total. The molecular weight excluding hydrogens is 276 g/mol. The summed E-state index contributed by atoms with van der Waals surface area (Å²) in [5.41, 5.74) is 3.50. The molecule has 1 aromatic rings. The number of aliphatic hydroxyl groups is 1. The largest absolute Gasteiger partial charge is 0.493 e. The lowest BCUT2D eigenvalue weighted by Gasteiger charge is -2.24. The van der Waals surface area contributed by atoms with Gasteiger partial charge in [0, 0.05) is 33.5 Å². The molecule has 0 amide bonds. The molecule has 0 radical (unpaired) electrons. The number of thioether (sulfide) groups is 1. The molecule has 2 aliphatic rings. The molecule has 80 valence electrons. The fourth-order valence-corrected chi connectivity index (χ4v) is 4.02. The number of benzene rings is 1. The van der Waals surface area contributed by atoms with Crippen LogP contribution < -0.4 is 4.74 Å². The van der Waals surface area contributed by atoms with Gasteiger partial charge in [-0.05, 0) is 11.6 Å². The molecule has 15 heavy (non-hydrogen) atoms. The minimum atomic E-state index is -0.359. The van der Waals surface area contributed by atoms with E-state index >= 15 is 0 Å². The first-order valence-corrected chi connectivity index (χ1v) is 6.95. The molecule has 2 nitrogen and oxygen atoms in total. The molecule has 0 fully saturated rings. The highest BCUT2D eigenvalue weighted by molar-refractivity contribution is 9.10. The zero-order chi connectivity index (χ0) is 10.4. The van der Waals surface area contributed by atoms with Crippen LogP contribution in [0, 0.1) is 0 Å². The van der Waals surface area contributed by atoms with E-state index in [9.17, 15) is 5.11 Å². The van der Waals surface area contributed by atoms with Gasteiger partial charge in [-0.3, -0.25) is 0 Å². The van der Waals surface area contributed by atoms with Crippen molar-refractivity contribution >= 4 is 27.7 Å². The van der Waals surface area contributed by atoms with Gasteiger partial charge < -0.3 is 9.84 Å². The molecule has 3 rings (SSSR count). The van der Waals surface area contributed by atoms with Crippen LogP contribution in [-0.4, -0.2) is 17.5 Å². The minimum Gasteiger partial charge on any atom is -0.493 e. The highest BCUT2D eigenvalue weighted by atomic mass is 79.9. The van der Waals surface area contributed by atoms with E-state index in [2.05, 4.69) is 22.0 Å². The monoisotopic (exact) mass is 286 g/mol. The number of ether oxygens (including phenoxy) is 1. The van der Waals surface area contributed by atoms with Crippen molar-refractivity contribution in [1.82, 2.24) is 0 Å². The van der Waals surface area contributed by atoms with Gasteiger partial charge >= 0.3 is 0 Å². The predicted octanol–water partition coefficient (Wildman–Crippen LogP) is 2.66. The number of aliphatic hydroxyl groups excluding tert-OH is 1. The van der Waals surface area contributed by atoms with Gasteiger partial charge in [0.25, 0.3) is 0 Å². The average molecular weight is 287 g/mol. The van der Waals surface area contributed by atoms with Crippen LogP contribution in [0.2, 0.25) is 0 Å². The Balaban J connectivity index is 2.24. The van der Waals surface area contributed by atoms with Gasteiger partial charge in [-0.2, -0.15) is 11.8 Å². The lowest BCUT2D eigenvalue weighted by molar-refractivity contribution is 0.200. The number of hydrogen-bond acceptors (Lipinski definition) is 3. The summed E-state index contributed by atoms with van der Waals surface area (Å²) in [6.45, 7) is 0.777. The number of rotatable bonds is 0. The van der Waals surface area contributed by atoms with Gasteiger partial charge in [0.2, 0.25) is 0 Å². The first-order chi connectivity index (χ1) is 7.27. The summed E-state index contributed by atoms with van der Waals surface area (Å²) >= 11 is 5.32. The maximum absolute atomic E-state index is 9.97. The van der Waals surface area contributed by atoms with Crippen molar-refractivity contribution in [3.8, 4) is 5.75 Å². The zero-order valence-electron chi connectivity index (χ0n) is 8.12. The predicted molar refractivity (Wildman–Crippen MR) is 64.5 cm³/mol. The van der Waals surface area contributed by atoms with E-state index in [1.807, 2.05) is 0 Å². The van der Waals surface area contributed by atoms with Crippen LogP contribution in [0.15, 0.2) is 10.5 Å². The van der Waals surface area contributed by atoms with Crippen LogP contribution in [0.3, 0.4) is 0 Å². The topological polar surface area (TPSA) is 29.5 Å². The van der Waals surface area contributed by atoms with E-state index in [0.717, 1.165) is 40.3 Å². The van der Waals surface area contributed by atoms with E-state index < -0.39 is 0 Å². The molecule has 2 aliphatic heterocycles. The van der Waals surface area contributed by atoms with Crippen LogP contribution in [0.25, 0.3) is 0 Å². The maximum atomic E-state index is 9.97. The van der Waals surface area contributed by atoms with Crippen molar-refractivity contribution < 1.29 is 9.84 Å². The van der Waals surface area contributed by atoms with Crippen molar-refractivity contribution in [2.75, 3.05) is 12.4 Å². The minimum absolute atomic E-state index is 0.359. The van der Waals surface area contributed by atoms with Gasteiger partial charge in [0.15, 0.2) is 0 Å². The third-order valence-corrected chi connectivity index (χ3v) is 4.62. The molecular formula is C11H11BrO2S. The molecule has 0 aliphatic carbocycles. The molecule has 1 atom stereocenters. The Labute approximate surface area is 101 Å². The molecule has 1 aromatic carbocycles. The summed E-state index contributed by atoms with van der Waals surface area (Å²) in [4.78, 5) is 0. The van der Waals surface area contributed by atoms with Crippen molar-refractivity contribution in [3.05, 3.63) is 27.2 Å². The Kier molecular flexibility index (Phi) is 2.45. The smallest absolute Gasteiger partial charge is 0.127 e. The van der Waals surface area contributed by atoms with E-state index in [1.54, 1.807) is 11.8 Å². The number of halogens is 1. The summed E-state index contributed by atoms with van der Waals surface area (Å²) in [5, 5.41) is 9.97. The van der Waals surface area contributed by atoms with Crippen LogP contribution in [0.1, 0.15) is 22.8 Å². The van der Waals surface area contributed by atoms with Gasteiger partial charge in [-0.15, -0.1) is 0 Å². The highest BCUT2D eigenvalue weighted by Gasteiger charge is 2.28. The first kappa shape index (κ1) is 10.00. The van der Waals surface area contributed by atoms with Gasteiger partial charge in [0.05, 0.1) is 12.7 Å². The van der Waals surface area contributed by atoms with Crippen LogP contribution >= 0.6 is 27.7 Å². The van der Waals surface area contributed by atoms with Crippen LogP contribution in [0.5, 0.6) is 5.75 Å². The lowest BCUT2D eigenvalue weighted by Crippen LogP contribution is -2.12. The van der Waals surface area contributed by atoms with Gasteiger partial charge in [-0.1, -0.05) is 15.9 Å². The number of fused-ring (bicyclic) bond motifs is 3. The summed E-state index contributed by atoms with van der Waals surface area (Å²) in [7, 11) is 0. The average Bonchev–Trinajstić information content (AvgIpc) is 2.65. The fourth-order valence-electron chi connectivity index (χ4n) is 2.24. The second-order valence-corrected chi connectivity index (χ2v) is 5.75. The summed E-state index contributed by atoms with van der Waals surface area (Å²) < 4.78 is 6.69. The molecule has 0 bridgehead atoms. The lowest BCUT2D eigenvalue weighted by atomic mass is 9.99. The normalized spacial score (nSPS) is 23.2. The Morgan fingerprint density at radius 1 is 1.53 bits per heavy atom. The van der Waals surface area contributed by atoms with Crippen LogP contribution in [0.4, 0.5) is 0 Å². The molecule has 2 heterocycles. The first-order valence-electron chi connectivity index (χ1n) is 5.00. The van der Waals surface area contributed by atoms with E-state index in [-0.39, 0.29) is 6.10 Å².